The maximum Gasteiger partial charge on any atom is -0.00141 e. The van der Waals surface area contributed by atoms with Crippen molar-refractivity contribution in [2.24, 2.45) is 0 Å². The average Bonchev–Trinajstić information content (AvgIpc) is 3.01. The van der Waals surface area contributed by atoms with Crippen LogP contribution in [-0.4, -0.2) is 0 Å². The van der Waals surface area contributed by atoms with Crippen LogP contribution in [0.5, 0.6) is 0 Å². The quantitative estimate of drug-likeness (QED) is 0.155. The van der Waals surface area contributed by atoms with Crippen molar-refractivity contribution in [1.82, 2.24) is 0 Å². The molecule has 0 atom stereocenters. The maximum absolute atomic E-state index is 2.44. The van der Waals surface area contributed by atoms with Crippen LogP contribution in [0.3, 0.4) is 0 Å². The van der Waals surface area contributed by atoms with Crippen molar-refractivity contribution in [3.63, 3.8) is 0 Å². The Morgan fingerprint density at radius 2 is 0.650 bits per heavy atom. The molecule has 10 aromatic rings. The SMILES string of the molecule is c1ccc2c(c1)cc1c(-c3cc4cccc5ccc6c7ccccc7cc3c6c54)cc3cccc4ccc2c1c43. The van der Waals surface area contributed by atoms with Gasteiger partial charge in [0.25, 0.3) is 0 Å². The van der Waals surface area contributed by atoms with Crippen molar-refractivity contribution in [2.75, 3.05) is 0 Å². The van der Waals surface area contributed by atoms with Gasteiger partial charge in [0.1, 0.15) is 0 Å². The Labute approximate surface area is 230 Å². The number of fused-ring (bicyclic) bond motifs is 4. The molecule has 0 fully saturated rings. The van der Waals surface area contributed by atoms with E-state index < -0.39 is 0 Å². The highest BCUT2D eigenvalue weighted by Crippen LogP contribution is 2.48. The first-order chi connectivity index (χ1) is 19.8. The monoisotopic (exact) mass is 502 g/mol. The molecule has 0 bridgehead atoms. The molecule has 40 heavy (non-hydrogen) atoms. The van der Waals surface area contributed by atoms with Crippen LogP contribution in [0.25, 0.3) is 97.3 Å². The molecule has 0 aromatic heterocycles. The smallest absolute Gasteiger partial charge is 0.00141 e. The normalized spacial score (nSPS) is 12.5. The zero-order valence-electron chi connectivity index (χ0n) is 21.7. The maximum atomic E-state index is 2.44. The number of hydrogen-bond acceptors (Lipinski definition) is 0. The Hall–Kier alpha value is -5.20. The van der Waals surface area contributed by atoms with Gasteiger partial charge >= 0.3 is 0 Å². The molecule has 0 saturated carbocycles. The van der Waals surface area contributed by atoms with Gasteiger partial charge in [-0.25, -0.2) is 0 Å². The highest BCUT2D eigenvalue weighted by Gasteiger charge is 2.20. The summed E-state index contributed by atoms with van der Waals surface area (Å²) in [7, 11) is 0. The predicted octanol–water partition coefficient (Wildman–Crippen LogP) is 11.5. The van der Waals surface area contributed by atoms with Gasteiger partial charge in [-0.1, -0.05) is 109 Å². The van der Waals surface area contributed by atoms with Gasteiger partial charge < -0.3 is 0 Å². The zero-order chi connectivity index (χ0) is 25.9. The largest absolute Gasteiger partial charge is 0.0616 e. The van der Waals surface area contributed by atoms with Gasteiger partial charge in [0.05, 0.1) is 0 Å². The highest BCUT2D eigenvalue weighted by molar-refractivity contribution is 6.35. The average molecular weight is 503 g/mol. The van der Waals surface area contributed by atoms with E-state index >= 15 is 0 Å². The lowest BCUT2D eigenvalue weighted by molar-refractivity contribution is 1.74. The molecule has 0 heterocycles. The summed E-state index contributed by atoms with van der Waals surface area (Å²) in [5, 5.41) is 21.2. The van der Waals surface area contributed by atoms with Crippen molar-refractivity contribution >= 4 is 86.2 Å². The van der Waals surface area contributed by atoms with Crippen molar-refractivity contribution in [3.05, 3.63) is 133 Å². The summed E-state index contributed by atoms with van der Waals surface area (Å²) in [5.41, 5.74) is 2.62. The summed E-state index contributed by atoms with van der Waals surface area (Å²) in [5.74, 6) is 0. The fraction of sp³-hybridized carbons (Fsp3) is 0. The Kier molecular flexibility index (Phi) is 3.76. The van der Waals surface area contributed by atoms with Crippen molar-refractivity contribution in [1.29, 1.82) is 0 Å². The number of hydrogen-bond donors (Lipinski definition) is 0. The van der Waals surface area contributed by atoms with E-state index in [1.165, 1.54) is 97.3 Å². The van der Waals surface area contributed by atoms with Crippen LogP contribution in [0, 0.1) is 0 Å². The molecule has 0 aliphatic rings. The second-order valence-electron chi connectivity index (χ2n) is 11.3. The first-order valence-electron chi connectivity index (χ1n) is 14.0. The molecule has 10 aromatic carbocycles. The van der Waals surface area contributed by atoms with Crippen LogP contribution >= 0.6 is 0 Å². The molecule has 0 aliphatic heterocycles. The molecule has 0 N–H and O–H groups in total. The molecule has 0 nitrogen and oxygen atoms in total. The lowest BCUT2D eigenvalue weighted by Crippen LogP contribution is -1.92. The van der Waals surface area contributed by atoms with Crippen molar-refractivity contribution in [3.8, 4) is 11.1 Å². The van der Waals surface area contributed by atoms with Gasteiger partial charge in [-0.2, -0.15) is 0 Å². The predicted molar refractivity (Wildman–Crippen MR) is 174 cm³/mol. The molecule has 182 valence electrons. The molecule has 0 spiro atoms. The third-order valence-electron chi connectivity index (χ3n) is 9.27. The summed E-state index contributed by atoms with van der Waals surface area (Å²) >= 11 is 0. The second kappa shape index (κ2) is 7.25. The minimum absolute atomic E-state index is 1.29. The van der Waals surface area contributed by atoms with Crippen LogP contribution in [0.4, 0.5) is 0 Å². The van der Waals surface area contributed by atoms with Crippen molar-refractivity contribution < 1.29 is 0 Å². The molecule has 0 aliphatic carbocycles. The minimum atomic E-state index is 1.29. The van der Waals surface area contributed by atoms with Crippen LogP contribution < -0.4 is 0 Å². The Morgan fingerprint density at radius 3 is 1.15 bits per heavy atom. The Bertz CT molecular complexity index is 2450. The van der Waals surface area contributed by atoms with Gasteiger partial charge in [0, 0.05) is 0 Å². The van der Waals surface area contributed by atoms with Gasteiger partial charge in [0.15, 0.2) is 0 Å². The third-order valence-corrected chi connectivity index (χ3v) is 9.27. The summed E-state index contributed by atoms with van der Waals surface area (Å²) in [6, 6.07) is 50.1. The van der Waals surface area contributed by atoms with Crippen LogP contribution in [0.2, 0.25) is 0 Å². The third kappa shape index (κ3) is 2.52. The first-order valence-corrected chi connectivity index (χ1v) is 14.0. The molecular weight excluding hydrogens is 480 g/mol. The van der Waals surface area contributed by atoms with E-state index in [-0.39, 0.29) is 0 Å². The number of rotatable bonds is 1. The van der Waals surface area contributed by atoms with Crippen LogP contribution in [0.15, 0.2) is 133 Å². The van der Waals surface area contributed by atoms with Gasteiger partial charge in [0.2, 0.25) is 0 Å². The topological polar surface area (TPSA) is 0 Å². The van der Waals surface area contributed by atoms with Crippen LogP contribution in [0.1, 0.15) is 0 Å². The van der Waals surface area contributed by atoms with E-state index in [9.17, 15) is 0 Å². The first kappa shape index (κ1) is 20.7. The minimum Gasteiger partial charge on any atom is -0.0616 e. The standard InChI is InChI=1S/C40H22/c1-3-13-29-25(7-1)19-35-33(21-27-11-5-9-23-15-17-31(29)39(35)37(23)27)34-22-28-12-6-10-24-16-18-32-30-14-4-2-8-26(30)20-36(34)40(32)38(24)28/h1-22H. The van der Waals surface area contributed by atoms with Gasteiger partial charge in [-0.3, -0.25) is 0 Å². The highest BCUT2D eigenvalue weighted by atomic mass is 14.2. The van der Waals surface area contributed by atoms with Gasteiger partial charge in [-0.05, 0) is 122 Å². The van der Waals surface area contributed by atoms with E-state index in [0.29, 0.717) is 0 Å². The van der Waals surface area contributed by atoms with Crippen LogP contribution in [-0.2, 0) is 0 Å². The second-order valence-corrected chi connectivity index (χ2v) is 11.3. The van der Waals surface area contributed by atoms with Gasteiger partial charge in [-0.15, -0.1) is 0 Å². The lowest BCUT2D eigenvalue weighted by Gasteiger charge is -2.20. The Balaban J connectivity index is 1.49. The molecule has 0 heteroatoms. The molecular formula is C40H22. The van der Waals surface area contributed by atoms with E-state index in [0.717, 1.165) is 0 Å². The molecule has 10 rings (SSSR count). The van der Waals surface area contributed by atoms with E-state index in [1.54, 1.807) is 0 Å². The van der Waals surface area contributed by atoms with Crippen molar-refractivity contribution in [2.45, 2.75) is 0 Å². The Morgan fingerprint density at radius 1 is 0.225 bits per heavy atom. The molecule has 0 radical (unpaired) electrons. The molecule has 0 amide bonds. The van der Waals surface area contributed by atoms with E-state index in [2.05, 4.69) is 133 Å². The zero-order valence-corrected chi connectivity index (χ0v) is 21.7. The lowest BCUT2D eigenvalue weighted by atomic mass is 9.83. The molecule has 0 unspecified atom stereocenters. The van der Waals surface area contributed by atoms with E-state index in [4.69, 9.17) is 0 Å². The van der Waals surface area contributed by atoms with E-state index in [1.807, 2.05) is 0 Å². The number of benzene rings is 10. The fourth-order valence-electron chi connectivity index (χ4n) is 7.59. The summed E-state index contributed by atoms with van der Waals surface area (Å²) in [6.45, 7) is 0. The summed E-state index contributed by atoms with van der Waals surface area (Å²) in [4.78, 5) is 0. The summed E-state index contributed by atoms with van der Waals surface area (Å²) < 4.78 is 0. The summed E-state index contributed by atoms with van der Waals surface area (Å²) in [6.07, 6.45) is 0. The molecule has 0 saturated heterocycles. The fourth-order valence-corrected chi connectivity index (χ4v) is 7.59.